The van der Waals surface area contributed by atoms with Crippen LogP contribution in [0.2, 0.25) is 5.02 Å². The molecule has 1 aliphatic heterocycles. The van der Waals surface area contributed by atoms with Gasteiger partial charge in [-0.2, -0.15) is 0 Å². The van der Waals surface area contributed by atoms with Gasteiger partial charge in [-0.3, -0.25) is 4.79 Å². The van der Waals surface area contributed by atoms with Crippen LogP contribution in [-0.2, 0) is 4.79 Å². The molecule has 2 N–H and O–H groups in total. The second kappa shape index (κ2) is 7.72. The molecule has 0 radical (unpaired) electrons. The smallest absolute Gasteiger partial charge is 0.261 e. The quantitative estimate of drug-likeness (QED) is 0.895. The van der Waals surface area contributed by atoms with Crippen molar-refractivity contribution >= 4 is 29.9 Å². The van der Waals surface area contributed by atoms with Crippen molar-refractivity contribution in [2.24, 2.45) is 0 Å². The van der Waals surface area contributed by atoms with Crippen LogP contribution in [0, 0.1) is 6.92 Å². The highest BCUT2D eigenvalue weighted by atomic mass is 35.5. The van der Waals surface area contributed by atoms with E-state index in [9.17, 15) is 4.79 Å². The molecule has 4 nitrogen and oxygen atoms in total. The number of hydrogen-bond donors (Lipinski definition) is 2. The van der Waals surface area contributed by atoms with Gasteiger partial charge in [-0.05, 0) is 44.5 Å². The molecule has 6 heteroatoms. The average Bonchev–Trinajstić information content (AvgIpc) is 2.86. The minimum absolute atomic E-state index is 0. The molecule has 0 spiro atoms. The van der Waals surface area contributed by atoms with E-state index in [4.69, 9.17) is 16.3 Å². The van der Waals surface area contributed by atoms with Gasteiger partial charge in [0.2, 0.25) is 0 Å². The Morgan fingerprint density at radius 1 is 1.55 bits per heavy atom. The van der Waals surface area contributed by atoms with E-state index in [2.05, 4.69) is 10.6 Å². The molecule has 1 aliphatic rings. The Balaban J connectivity index is 0.00000200. The molecule has 112 valence electrons. The van der Waals surface area contributed by atoms with E-state index in [0.29, 0.717) is 10.8 Å². The summed E-state index contributed by atoms with van der Waals surface area (Å²) >= 11 is 6.05. The van der Waals surface area contributed by atoms with Gasteiger partial charge in [0.1, 0.15) is 5.75 Å². The largest absolute Gasteiger partial charge is 0.479 e. The van der Waals surface area contributed by atoms with Gasteiger partial charge >= 0.3 is 0 Å². The number of aryl methyl sites for hydroxylation is 1. The first-order chi connectivity index (χ1) is 9.06. The zero-order valence-corrected chi connectivity index (χ0v) is 13.2. The monoisotopic (exact) mass is 318 g/mol. The zero-order chi connectivity index (χ0) is 13.8. The van der Waals surface area contributed by atoms with Crippen LogP contribution in [0.25, 0.3) is 0 Å². The number of carbonyl (C=O) groups excluding carboxylic acids is 1. The average molecular weight is 319 g/mol. The molecule has 2 unspecified atom stereocenters. The topological polar surface area (TPSA) is 50.4 Å². The molecule has 1 aromatic rings. The number of hydrogen-bond acceptors (Lipinski definition) is 3. The maximum absolute atomic E-state index is 12.0. The fraction of sp³-hybridized carbons (Fsp3) is 0.500. The Morgan fingerprint density at radius 2 is 2.30 bits per heavy atom. The van der Waals surface area contributed by atoms with E-state index >= 15 is 0 Å². The van der Waals surface area contributed by atoms with Crippen LogP contribution in [0.3, 0.4) is 0 Å². The standard InChI is InChI=1S/C14H19ClN2O2.ClH/c1-9-3-4-12(15)13(7-9)19-10(2)14(18)17-11-5-6-16-8-11;/h3-4,7,10-11,16H,5-6,8H2,1-2H3,(H,17,18);1H. The predicted molar refractivity (Wildman–Crippen MR) is 82.9 cm³/mol. The highest BCUT2D eigenvalue weighted by molar-refractivity contribution is 6.32. The van der Waals surface area contributed by atoms with E-state index in [-0.39, 0.29) is 24.4 Å². The first-order valence-electron chi connectivity index (χ1n) is 6.50. The minimum atomic E-state index is -0.556. The second-order valence-corrected chi connectivity index (χ2v) is 5.30. The highest BCUT2D eigenvalue weighted by Crippen LogP contribution is 2.26. The number of rotatable bonds is 4. The third kappa shape index (κ3) is 4.54. The van der Waals surface area contributed by atoms with Gasteiger partial charge in [0.25, 0.3) is 5.91 Å². The fourth-order valence-corrected chi connectivity index (χ4v) is 2.20. The SMILES string of the molecule is Cc1ccc(Cl)c(OC(C)C(=O)NC2CCNC2)c1.Cl. The van der Waals surface area contributed by atoms with Crippen LogP contribution in [0.15, 0.2) is 18.2 Å². The van der Waals surface area contributed by atoms with Gasteiger partial charge < -0.3 is 15.4 Å². The molecule has 1 aromatic carbocycles. The molecule has 0 aromatic heterocycles. The number of halogens is 2. The van der Waals surface area contributed by atoms with Crippen LogP contribution in [0.1, 0.15) is 18.9 Å². The van der Waals surface area contributed by atoms with E-state index in [0.717, 1.165) is 25.1 Å². The molecule has 0 bridgehead atoms. The first-order valence-corrected chi connectivity index (χ1v) is 6.88. The number of benzene rings is 1. The summed E-state index contributed by atoms with van der Waals surface area (Å²) in [5, 5.41) is 6.69. The zero-order valence-electron chi connectivity index (χ0n) is 11.6. The maximum Gasteiger partial charge on any atom is 0.261 e. The Hall–Kier alpha value is -0.970. The molecule has 2 atom stereocenters. The molecule has 1 amide bonds. The molecular formula is C14H20Cl2N2O2. The Kier molecular flexibility index (Phi) is 6.59. The van der Waals surface area contributed by atoms with Gasteiger partial charge in [-0.15, -0.1) is 12.4 Å². The Morgan fingerprint density at radius 3 is 2.95 bits per heavy atom. The van der Waals surface area contributed by atoms with E-state index in [1.54, 1.807) is 13.0 Å². The second-order valence-electron chi connectivity index (χ2n) is 4.89. The van der Waals surface area contributed by atoms with Crippen molar-refractivity contribution in [2.75, 3.05) is 13.1 Å². The van der Waals surface area contributed by atoms with Gasteiger partial charge in [-0.1, -0.05) is 17.7 Å². The Bertz CT molecular complexity index is 462. The summed E-state index contributed by atoms with van der Waals surface area (Å²) < 4.78 is 5.63. The van der Waals surface area contributed by atoms with Gasteiger partial charge in [-0.25, -0.2) is 0 Å². The lowest BCUT2D eigenvalue weighted by atomic mass is 10.2. The minimum Gasteiger partial charge on any atom is -0.479 e. The molecule has 0 saturated carbocycles. The van der Waals surface area contributed by atoms with E-state index in [1.165, 1.54) is 0 Å². The summed E-state index contributed by atoms with van der Waals surface area (Å²) in [5.74, 6) is 0.445. The normalized spacial score (nSPS) is 19.1. The van der Waals surface area contributed by atoms with Gasteiger partial charge in [0.05, 0.1) is 5.02 Å². The summed E-state index contributed by atoms with van der Waals surface area (Å²) in [7, 11) is 0. The van der Waals surface area contributed by atoms with E-state index in [1.807, 2.05) is 19.1 Å². The van der Waals surface area contributed by atoms with Crippen LogP contribution in [-0.4, -0.2) is 31.1 Å². The summed E-state index contributed by atoms with van der Waals surface area (Å²) in [6.45, 7) is 5.46. The summed E-state index contributed by atoms with van der Waals surface area (Å²) in [6.07, 6.45) is 0.406. The van der Waals surface area contributed by atoms with Crippen molar-refractivity contribution in [3.05, 3.63) is 28.8 Å². The number of carbonyl (C=O) groups is 1. The predicted octanol–water partition coefficient (Wildman–Crippen LogP) is 2.32. The van der Waals surface area contributed by atoms with Crippen LogP contribution in [0.4, 0.5) is 0 Å². The molecule has 1 heterocycles. The van der Waals surface area contributed by atoms with Crippen molar-refractivity contribution in [3.8, 4) is 5.75 Å². The summed E-state index contributed by atoms with van der Waals surface area (Å²) in [4.78, 5) is 12.0. The third-order valence-corrected chi connectivity index (χ3v) is 3.48. The molecular weight excluding hydrogens is 299 g/mol. The maximum atomic E-state index is 12.0. The number of nitrogens with one attached hydrogen (secondary N) is 2. The van der Waals surface area contributed by atoms with Crippen molar-refractivity contribution in [2.45, 2.75) is 32.4 Å². The van der Waals surface area contributed by atoms with Gasteiger partial charge in [0.15, 0.2) is 6.10 Å². The highest BCUT2D eigenvalue weighted by Gasteiger charge is 2.21. The molecule has 1 fully saturated rings. The lowest BCUT2D eigenvalue weighted by molar-refractivity contribution is -0.127. The van der Waals surface area contributed by atoms with E-state index < -0.39 is 6.10 Å². The van der Waals surface area contributed by atoms with Crippen molar-refractivity contribution in [1.29, 1.82) is 0 Å². The van der Waals surface area contributed by atoms with Crippen LogP contribution in [0.5, 0.6) is 5.75 Å². The first kappa shape index (κ1) is 17.1. The summed E-state index contributed by atoms with van der Waals surface area (Å²) in [6, 6.07) is 5.72. The fourth-order valence-electron chi connectivity index (χ4n) is 2.04. The van der Waals surface area contributed by atoms with Crippen molar-refractivity contribution in [3.63, 3.8) is 0 Å². The van der Waals surface area contributed by atoms with Crippen LogP contribution < -0.4 is 15.4 Å². The Labute approximate surface area is 130 Å². The van der Waals surface area contributed by atoms with Crippen molar-refractivity contribution in [1.82, 2.24) is 10.6 Å². The van der Waals surface area contributed by atoms with Crippen molar-refractivity contribution < 1.29 is 9.53 Å². The molecule has 0 aliphatic carbocycles. The lowest BCUT2D eigenvalue weighted by Gasteiger charge is -2.18. The molecule has 2 rings (SSSR count). The van der Waals surface area contributed by atoms with Crippen LogP contribution >= 0.6 is 24.0 Å². The molecule has 20 heavy (non-hydrogen) atoms. The lowest BCUT2D eigenvalue weighted by Crippen LogP contribution is -2.43. The third-order valence-electron chi connectivity index (χ3n) is 3.17. The van der Waals surface area contributed by atoms with Gasteiger partial charge in [0, 0.05) is 12.6 Å². The number of ether oxygens (including phenoxy) is 1. The molecule has 1 saturated heterocycles. The summed E-state index contributed by atoms with van der Waals surface area (Å²) in [5.41, 5.74) is 1.05. The number of amides is 1.